The highest BCUT2D eigenvalue weighted by molar-refractivity contribution is 5.89. The fourth-order valence-electron chi connectivity index (χ4n) is 2.83. The third-order valence-electron chi connectivity index (χ3n) is 4.76. The Balaban J connectivity index is 1.65. The van der Waals surface area contributed by atoms with Crippen molar-refractivity contribution in [2.24, 2.45) is 5.73 Å². The number of hydrogen-bond donors (Lipinski definition) is 3. The fourth-order valence-corrected chi connectivity index (χ4v) is 2.83. The molecule has 1 fully saturated rings. The SMILES string of the molecule is CCn1ncc2c(Nc3ccc(C(F)(F)F)cc3)nc(NCC3(N)CC3)nc21. The molecule has 0 bridgehead atoms. The first-order valence-corrected chi connectivity index (χ1v) is 8.98. The van der Waals surface area contributed by atoms with Crippen molar-refractivity contribution in [3.8, 4) is 0 Å². The maximum Gasteiger partial charge on any atom is 0.416 e. The molecule has 1 aromatic carbocycles. The number of anilines is 3. The molecule has 2 aromatic heterocycles. The van der Waals surface area contributed by atoms with Crippen LogP contribution in [0.15, 0.2) is 30.5 Å². The van der Waals surface area contributed by atoms with Crippen molar-refractivity contribution in [3.05, 3.63) is 36.0 Å². The summed E-state index contributed by atoms with van der Waals surface area (Å²) in [7, 11) is 0. The Morgan fingerprint density at radius 3 is 2.50 bits per heavy atom. The number of halogens is 3. The van der Waals surface area contributed by atoms with Gasteiger partial charge in [-0.05, 0) is 44.0 Å². The second kappa shape index (κ2) is 6.62. The van der Waals surface area contributed by atoms with Gasteiger partial charge in [0, 0.05) is 24.3 Å². The van der Waals surface area contributed by atoms with Gasteiger partial charge in [0.1, 0.15) is 5.82 Å². The zero-order chi connectivity index (χ0) is 19.9. The molecule has 0 aliphatic heterocycles. The number of rotatable bonds is 6. The van der Waals surface area contributed by atoms with E-state index in [-0.39, 0.29) is 5.54 Å². The van der Waals surface area contributed by atoms with Crippen LogP contribution in [-0.4, -0.2) is 31.8 Å². The summed E-state index contributed by atoms with van der Waals surface area (Å²) in [5.41, 5.74) is 6.31. The summed E-state index contributed by atoms with van der Waals surface area (Å²) in [4.78, 5) is 9.00. The summed E-state index contributed by atoms with van der Waals surface area (Å²) >= 11 is 0. The molecule has 0 saturated heterocycles. The molecule has 0 amide bonds. The molecular weight excluding hydrogens is 371 g/mol. The van der Waals surface area contributed by atoms with Gasteiger partial charge in [-0.2, -0.15) is 28.2 Å². The van der Waals surface area contributed by atoms with Gasteiger partial charge >= 0.3 is 6.18 Å². The second-order valence-electron chi connectivity index (χ2n) is 7.01. The van der Waals surface area contributed by atoms with Crippen LogP contribution < -0.4 is 16.4 Å². The van der Waals surface area contributed by atoms with Crippen molar-refractivity contribution < 1.29 is 13.2 Å². The number of benzene rings is 1. The van der Waals surface area contributed by atoms with Crippen LogP contribution in [0.1, 0.15) is 25.3 Å². The molecule has 1 aliphatic rings. The quantitative estimate of drug-likeness (QED) is 0.595. The van der Waals surface area contributed by atoms with Crippen LogP contribution >= 0.6 is 0 Å². The number of fused-ring (bicyclic) bond motifs is 1. The molecule has 10 heteroatoms. The molecule has 1 saturated carbocycles. The van der Waals surface area contributed by atoms with Crippen LogP contribution in [0.5, 0.6) is 0 Å². The maximum absolute atomic E-state index is 12.8. The number of aromatic nitrogens is 4. The van der Waals surface area contributed by atoms with E-state index < -0.39 is 11.7 Å². The van der Waals surface area contributed by atoms with Gasteiger partial charge in [0.25, 0.3) is 0 Å². The molecule has 0 radical (unpaired) electrons. The second-order valence-corrected chi connectivity index (χ2v) is 7.01. The third kappa shape index (κ3) is 3.72. The maximum atomic E-state index is 12.8. The van der Waals surface area contributed by atoms with Gasteiger partial charge in [-0.15, -0.1) is 0 Å². The van der Waals surface area contributed by atoms with Gasteiger partial charge < -0.3 is 16.4 Å². The van der Waals surface area contributed by atoms with Gasteiger partial charge in [0.2, 0.25) is 5.95 Å². The monoisotopic (exact) mass is 391 g/mol. The van der Waals surface area contributed by atoms with Crippen molar-refractivity contribution in [1.29, 1.82) is 0 Å². The smallest absolute Gasteiger partial charge is 0.352 e. The van der Waals surface area contributed by atoms with Crippen molar-refractivity contribution >= 4 is 28.5 Å². The van der Waals surface area contributed by atoms with E-state index in [1.165, 1.54) is 12.1 Å². The first-order chi connectivity index (χ1) is 13.3. The Morgan fingerprint density at radius 1 is 1.18 bits per heavy atom. The minimum absolute atomic E-state index is 0.218. The number of nitrogens with zero attached hydrogens (tertiary/aromatic N) is 4. The molecule has 4 rings (SSSR count). The zero-order valence-corrected chi connectivity index (χ0v) is 15.2. The average Bonchev–Trinajstić information content (AvgIpc) is 3.24. The molecule has 0 unspecified atom stereocenters. The van der Waals surface area contributed by atoms with Gasteiger partial charge in [-0.1, -0.05) is 0 Å². The molecule has 4 N–H and O–H groups in total. The third-order valence-corrected chi connectivity index (χ3v) is 4.76. The largest absolute Gasteiger partial charge is 0.416 e. The Kier molecular flexibility index (Phi) is 4.37. The van der Waals surface area contributed by atoms with Crippen LogP contribution in [0.3, 0.4) is 0 Å². The van der Waals surface area contributed by atoms with E-state index in [4.69, 9.17) is 5.73 Å². The summed E-state index contributed by atoms with van der Waals surface area (Å²) < 4.78 is 40.0. The predicted molar refractivity (Wildman–Crippen MR) is 100 cm³/mol. The summed E-state index contributed by atoms with van der Waals surface area (Å²) in [6.45, 7) is 3.13. The van der Waals surface area contributed by atoms with Crippen LogP contribution in [0.25, 0.3) is 11.0 Å². The van der Waals surface area contributed by atoms with Gasteiger partial charge in [0.15, 0.2) is 5.65 Å². The number of hydrogen-bond acceptors (Lipinski definition) is 6. The van der Waals surface area contributed by atoms with Crippen molar-refractivity contribution in [2.45, 2.75) is 38.0 Å². The Labute approximate surface area is 159 Å². The normalized spacial score (nSPS) is 15.6. The van der Waals surface area contributed by atoms with Crippen molar-refractivity contribution in [1.82, 2.24) is 19.7 Å². The van der Waals surface area contributed by atoms with Gasteiger partial charge in [0.05, 0.1) is 17.1 Å². The minimum atomic E-state index is -4.37. The summed E-state index contributed by atoms with van der Waals surface area (Å²) in [5, 5.41) is 11.2. The molecule has 148 valence electrons. The van der Waals surface area contributed by atoms with Gasteiger partial charge in [-0.3, -0.25) is 0 Å². The molecule has 0 atom stereocenters. The number of alkyl halides is 3. The first kappa shape index (κ1) is 18.5. The number of aryl methyl sites for hydroxylation is 1. The van der Waals surface area contributed by atoms with E-state index in [0.717, 1.165) is 25.0 Å². The van der Waals surface area contributed by atoms with Crippen molar-refractivity contribution in [3.63, 3.8) is 0 Å². The molecule has 0 spiro atoms. The number of nitrogens with one attached hydrogen (secondary N) is 2. The molecule has 28 heavy (non-hydrogen) atoms. The fraction of sp³-hybridized carbons (Fsp3) is 0.389. The zero-order valence-electron chi connectivity index (χ0n) is 15.2. The van der Waals surface area contributed by atoms with Crippen LogP contribution in [0, 0.1) is 0 Å². The van der Waals surface area contributed by atoms with E-state index in [1.807, 2.05) is 6.92 Å². The van der Waals surface area contributed by atoms with Crippen LogP contribution in [0.4, 0.5) is 30.6 Å². The summed E-state index contributed by atoms with van der Waals surface area (Å²) in [6, 6.07) is 4.79. The van der Waals surface area contributed by atoms with Crippen molar-refractivity contribution in [2.75, 3.05) is 17.2 Å². The first-order valence-electron chi connectivity index (χ1n) is 8.98. The molecule has 7 nitrogen and oxygen atoms in total. The minimum Gasteiger partial charge on any atom is -0.352 e. The Hall–Kier alpha value is -2.88. The van der Waals surface area contributed by atoms with Gasteiger partial charge in [-0.25, -0.2) is 4.68 Å². The van der Waals surface area contributed by atoms with Crippen LogP contribution in [-0.2, 0) is 12.7 Å². The lowest BCUT2D eigenvalue weighted by Gasteiger charge is -2.13. The number of nitrogens with two attached hydrogens (primary N) is 1. The average molecular weight is 391 g/mol. The standard InChI is InChI=1S/C18H20F3N7/c1-2-28-15-13(9-24-28)14(26-16(27-15)23-10-17(22)7-8-17)25-12-5-3-11(4-6-12)18(19,20)21/h3-6,9H,2,7-8,10,22H2,1H3,(H2,23,25,26,27). The molecule has 1 aliphatic carbocycles. The van der Waals surface area contributed by atoms with Crippen LogP contribution in [0.2, 0.25) is 0 Å². The Bertz CT molecular complexity index is 991. The molecular formula is C18H20F3N7. The lowest BCUT2D eigenvalue weighted by molar-refractivity contribution is -0.137. The van der Waals surface area contributed by atoms with E-state index in [9.17, 15) is 13.2 Å². The lowest BCUT2D eigenvalue weighted by atomic mass is 10.2. The van der Waals surface area contributed by atoms with E-state index in [0.29, 0.717) is 41.6 Å². The highest BCUT2D eigenvalue weighted by Crippen LogP contribution is 2.33. The highest BCUT2D eigenvalue weighted by atomic mass is 19.4. The molecule has 2 heterocycles. The topological polar surface area (TPSA) is 93.7 Å². The van der Waals surface area contributed by atoms with E-state index in [1.54, 1.807) is 10.9 Å². The molecule has 3 aromatic rings. The van der Waals surface area contributed by atoms with E-state index >= 15 is 0 Å². The van der Waals surface area contributed by atoms with E-state index in [2.05, 4.69) is 25.7 Å². The lowest BCUT2D eigenvalue weighted by Crippen LogP contribution is -2.31. The summed E-state index contributed by atoms with van der Waals surface area (Å²) in [6.07, 6.45) is -0.834. The predicted octanol–water partition coefficient (Wildman–Crippen LogP) is 3.51. The highest BCUT2D eigenvalue weighted by Gasteiger charge is 2.38. The summed E-state index contributed by atoms with van der Waals surface area (Å²) in [5.74, 6) is 0.864. The Morgan fingerprint density at radius 2 is 1.89 bits per heavy atom.